The van der Waals surface area contributed by atoms with Gasteiger partial charge in [0.25, 0.3) is 0 Å². The zero-order valence-corrected chi connectivity index (χ0v) is 11.5. The number of ether oxygens (including phenoxy) is 1. The maximum Gasteiger partial charge on any atom is 0.146 e. The molecule has 2 aromatic rings. The molecule has 2 aromatic carbocycles. The minimum atomic E-state index is -0.984. The Labute approximate surface area is 120 Å². The van der Waals surface area contributed by atoms with Gasteiger partial charge in [0.05, 0.1) is 16.7 Å². The van der Waals surface area contributed by atoms with Crippen molar-refractivity contribution in [3.05, 3.63) is 57.8 Å². The fourth-order valence-electron chi connectivity index (χ4n) is 1.69. The van der Waals surface area contributed by atoms with E-state index in [9.17, 15) is 9.50 Å². The molecule has 0 aliphatic rings. The molecule has 0 saturated heterocycles. The molecule has 0 amide bonds. The van der Waals surface area contributed by atoms with E-state index in [1.165, 1.54) is 25.1 Å². The summed E-state index contributed by atoms with van der Waals surface area (Å²) in [6.45, 7) is 1.47. The molecule has 2 rings (SSSR count). The topological polar surface area (TPSA) is 29.5 Å². The molecule has 0 bridgehead atoms. The summed E-state index contributed by atoms with van der Waals surface area (Å²) < 4.78 is 19.2. The van der Waals surface area contributed by atoms with E-state index in [0.717, 1.165) is 0 Å². The van der Waals surface area contributed by atoms with Crippen LogP contribution in [0.1, 0.15) is 18.6 Å². The number of aliphatic hydroxyl groups is 1. The van der Waals surface area contributed by atoms with E-state index in [0.29, 0.717) is 15.8 Å². The molecule has 0 aliphatic heterocycles. The van der Waals surface area contributed by atoms with Crippen LogP contribution >= 0.6 is 23.2 Å². The number of hydrogen-bond acceptors (Lipinski definition) is 2. The van der Waals surface area contributed by atoms with Crippen molar-refractivity contribution < 1.29 is 14.2 Å². The molecule has 0 radical (unpaired) electrons. The molecule has 0 spiro atoms. The Balaban J connectivity index is 2.41. The first-order valence-corrected chi connectivity index (χ1v) is 6.34. The molecule has 0 aliphatic carbocycles. The summed E-state index contributed by atoms with van der Waals surface area (Å²) in [7, 11) is 0. The Kier molecular flexibility index (Phi) is 4.30. The van der Waals surface area contributed by atoms with Crippen LogP contribution < -0.4 is 4.74 Å². The van der Waals surface area contributed by atoms with Crippen molar-refractivity contribution in [1.29, 1.82) is 0 Å². The molecule has 1 atom stereocenters. The van der Waals surface area contributed by atoms with E-state index >= 15 is 0 Å². The minimum absolute atomic E-state index is 0.0912. The molecular weight excluding hydrogens is 290 g/mol. The highest BCUT2D eigenvalue weighted by Gasteiger charge is 2.16. The van der Waals surface area contributed by atoms with Gasteiger partial charge < -0.3 is 9.84 Å². The van der Waals surface area contributed by atoms with Crippen LogP contribution in [0.3, 0.4) is 0 Å². The summed E-state index contributed by atoms with van der Waals surface area (Å²) in [4.78, 5) is 0. The Morgan fingerprint density at radius 1 is 1.16 bits per heavy atom. The maximum atomic E-state index is 13.7. The zero-order chi connectivity index (χ0) is 14.0. The average Bonchev–Trinajstić information content (AvgIpc) is 2.32. The lowest BCUT2D eigenvalue weighted by atomic mass is 10.1. The number of benzene rings is 2. The molecule has 0 aromatic heterocycles. The predicted molar refractivity (Wildman–Crippen MR) is 73.6 cm³/mol. The van der Waals surface area contributed by atoms with E-state index in [1.54, 1.807) is 18.2 Å². The van der Waals surface area contributed by atoms with Gasteiger partial charge in [-0.3, -0.25) is 0 Å². The number of rotatable bonds is 3. The third kappa shape index (κ3) is 3.18. The Morgan fingerprint density at radius 2 is 1.89 bits per heavy atom. The summed E-state index contributed by atoms with van der Waals surface area (Å²) in [6.07, 6.45) is -0.984. The van der Waals surface area contributed by atoms with Crippen LogP contribution in [0.5, 0.6) is 11.5 Å². The SMILES string of the molecule is C[C@@H](O)c1c(F)cccc1Oc1ccc(Cl)cc1Cl. The molecule has 5 heteroatoms. The predicted octanol–water partition coefficient (Wildman–Crippen LogP) is 4.98. The van der Waals surface area contributed by atoms with Crippen molar-refractivity contribution in [3.8, 4) is 11.5 Å². The molecule has 0 heterocycles. The lowest BCUT2D eigenvalue weighted by Crippen LogP contribution is -2.00. The third-order valence-corrected chi connectivity index (χ3v) is 3.07. The largest absolute Gasteiger partial charge is 0.455 e. The smallest absolute Gasteiger partial charge is 0.146 e. The zero-order valence-electron chi connectivity index (χ0n) is 10.0. The average molecular weight is 301 g/mol. The second-order valence-corrected chi connectivity index (χ2v) is 4.85. The van der Waals surface area contributed by atoms with Crippen molar-refractivity contribution in [2.24, 2.45) is 0 Å². The van der Waals surface area contributed by atoms with Crippen molar-refractivity contribution >= 4 is 23.2 Å². The first-order chi connectivity index (χ1) is 8.99. The number of aliphatic hydroxyl groups excluding tert-OH is 1. The summed E-state index contributed by atoms with van der Waals surface area (Å²) in [5, 5.41) is 10.4. The Hall–Kier alpha value is -1.29. The highest BCUT2D eigenvalue weighted by molar-refractivity contribution is 6.35. The van der Waals surface area contributed by atoms with Crippen LogP contribution in [-0.4, -0.2) is 5.11 Å². The first kappa shape index (κ1) is 14.1. The van der Waals surface area contributed by atoms with Crippen LogP contribution in [0.15, 0.2) is 36.4 Å². The quantitative estimate of drug-likeness (QED) is 0.866. The first-order valence-electron chi connectivity index (χ1n) is 5.58. The normalized spacial score (nSPS) is 12.3. The van der Waals surface area contributed by atoms with Gasteiger partial charge in [-0.1, -0.05) is 29.3 Å². The molecule has 2 nitrogen and oxygen atoms in total. The molecule has 19 heavy (non-hydrogen) atoms. The van der Waals surface area contributed by atoms with E-state index < -0.39 is 11.9 Å². The van der Waals surface area contributed by atoms with Crippen LogP contribution in [0.4, 0.5) is 4.39 Å². The van der Waals surface area contributed by atoms with E-state index in [1.807, 2.05) is 0 Å². The van der Waals surface area contributed by atoms with Crippen molar-refractivity contribution in [2.75, 3.05) is 0 Å². The van der Waals surface area contributed by atoms with Gasteiger partial charge in [0.2, 0.25) is 0 Å². The lowest BCUT2D eigenvalue weighted by Gasteiger charge is -2.14. The van der Waals surface area contributed by atoms with E-state index in [2.05, 4.69) is 0 Å². The summed E-state index contributed by atoms with van der Waals surface area (Å²) in [5.74, 6) is 0.0374. The molecule has 0 fully saturated rings. The summed E-state index contributed by atoms with van der Waals surface area (Å²) >= 11 is 11.8. The van der Waals surface area contributed by atoms with Gasteiger partial charge in [-0.25, -0.2) is 4.39 Å². The van der Waals surface area contributed by atoms with E-state index in [-0.39, 0.29) is 11.3 Å². The second kappa shape index (κ2) is 5.78. The summed E-state index contributed by atoms with van der Waals surface area (Å²) in [6, 6.07) is 9.06. The van der Waals surface area contributed by atoms with Gasteiger partial charge in [0.15, 0.2) is 0 Å². The van der Waals surface area contributed by atoms with Crippen LogP contribution in [-0.2, 0) is 0 Å². The van der Waals surface area contributed by atoms with Gasteiger partial charge in [-0.15, -0.1) is 0 Å². The van der Waals surface area contributed by atoms with Crippen molar-refractivity contribution in [1.82, 2.24) is 0 Å². The Bertz CT molecular complexity index is 600. The molecule has 0 unspecified atom stereocenters. The van der Waals surface area contributed by atoms with Gasteiger partial charge in [-0.2, -0.15) is 0 Å². The third-order valence-electron chi connectivity index (χ3n) is 2.54. The monoisotopic (exact) mass is 300 g/mol. The van der Waals surface area contributed by atoms with Crippen LogP contribution in [0.2, 0.25) is 10.0 Å². The van der Waals surface area contributed by atoms with Crippen molar-refractivity contribution in [2.45, 2.75) is 13.0 Å². The molecule has 1 N–H and O–H groups in total. The lowest BCUT2D eigenvalue weighted by molar-refractivity contribution is 0.190. The fraction of sp³-hybridized carbons (Fsp3) is 0.143. The molecule has 100 valence electrons. The van der Waals surface area contributed by atoms with E-state index in [4.69, 9.17) is 27.9 Å². The fourth-order valence-corrected chi connectivity index (χ4v) is 2.14. The van der Waals surface area contributed by atoms with Crippen LogP contribution in [0.25, 0.3) is 0 Å². The number of halogens is 3. The molecular formula is C14H11Cl2FO2. The number of hydrogen-bond donors (Lipinski definition) is 1. The van der Waals surface area contributed by atoms with Gasteiger partial charge in [-0.05, 0) is 37.3 Å². The van der Waals surface area contributed by atoms with Crippen molar-refractivity contribution in [3.63, 3.8) is 0 Å². The molecule has 0 saturated carbocycles. The second-order valence-electron chi connectivity index (χ2n) is 4.00. The standard InChI is InChI=1S/C14H11Cl2FO2/c1-8(18)14-11(17)3-2-4-13(14)19-12-6-5-9(15)7-10(12)16/h2-8,18H,1H3/t8-/m1/s1. The highest BCUT2D eigenvalue weighted by atomic mass is 35.5. The maximum absolute atomic E-state index is 13.7. The van der Waals surface area contributed by atoms with Gasteiger partial charge >= 0.3 is 0 Å². The highest BCUT2D eigenvalue weighted by Crippen LogP contribution is 2.35. The van der Waals surface area contributed by atoms with Crippen LogP contribution in [0, 0.1) is 5.82 Å². The Morgan fingerprint density at radius 3 is 2.53 bits per heavy atom. The van der Waals surface area contributed by atoms with Gasteiger partial charge in [0.1, 0.15) is 17.3 Å². The minimum Gasteiger partial charge on any atom is -0.455 e. The van der Waals surface area contributed by atoms with Gasteiger partial charge in [0, 0.05) is 5.02 Å². The summed E-state index contributed by atoms with van der Waals surface area (Å²) in [5.41, 5.74) is 0.0912.